The van der Waals surface area contributed by atoms with E-state index in [4.69, 9.17) is 0 Å². The molecule has 4 unspecified atom stereocenters. The van der Waals surface area contributed by atoms with Gasteiger partial charge < -0.3 is 10.2 Å². The lowest BCUT2D eigenvalue weighted by molar-refractivity contribution is 0.0635. The van der Waals surface area contributed by atoms with Gasteiger partial charge in [0.15, 0.2) is 16.1 Å². The maximum atomic E-state index is 13.1. The third-order valence-corrected chi connectivity index (χ3v) is 25.8. The number of aliphatic hydroxyl groups is 2. The predicted molar refractivity (Wildman–Crippen MR) is 225 cm³/mol. The largest absolute Gasteiger partial charge is 0.389 e. The van der Waals surface area contributed by atoms with Gasteiger partial charge in [-0.1, -0.05) is 196 Å². The standard InChI is InChI=1S/C46H50O2SSi2/c1-5-45(3,47)43(50(37-25-13-7-14-26-37,38-27-15-8-16-28-38)39-29-17-9-18-30-39)49-44(46(4,48)6-2)51(40-31-19-10-20-32-40,41-33-21-11-22-34-41)42-35-23-12-24-36-42/h7-36,43-44,47-48H,5-6H2,1-4H3. The summed E-state index contributed by atoms with van der Waals surface area (Å²) < 4.78 is 0. The maximum Gasteiger partial charge on any atom is 0.163 e. The molecule has 0 aromatic heterocycles. The molecule has 6 rings (SSSR count). The molecule has 2 N–H and O–H groups in total. The number of hydrogen-bond acceptors (Lipinski definition) is 3. The van der Waals surface area contributed by atoms with Gasteiger partial charge in [0, 0.05) is 9.75 Å². The lowest BCUT2D eigenvalue weighted by Crippen LogP contribution is -2.81. The zero-order valence-corrected chi connectivity index (χ0v) is 33.0. The van der Waals surface area contributed by atoms with Crippen LogP contribution in [0.15, 0.2) is 182 Å². The van der Waals surface area contributed by atoms with Gasteiger partial charge >= 0.3 is 0 Å². The Bertz CT molecular complexity index is 1600. The van der Waals surface area contributed by atoms with Crippen LogP contribution in [0.1, 0.15) is 40.5 Å². The second kappa shape index (κ2) is 15.7. The number of hydrogen-bond donors (Lipinski definition) is 2. The molecule has 6 aromatic carbocycles. The summed E-state index contributed by atoms with van der Waals surface area (Å²) in [5.74, 6) is 0. The second-order valence-electron chi connectivity index (χ2n) is 14.1. The van der Waals surface area contributed by atoms with E-state index in [-0.39, 0.29) is 9.75 Å². The molecule has 0 aliphatic carbocycles. The highest BCUT2D eigenvalue weighted by Gasteiger charge is 2.60. The van der Waals surface area contributed by atoms with Crippen molar-refractivity contribution in [2.45, 2.75) is 61.5 Å². The molecule has 51 heavy (non-hydrogen) atoms. The van der Waals surface area contributed by atoms with E-state index >= 15 is 0 Å². The molecule has 0 aliphatic rings. The molecule has 5 heteroatoms. The first-order valence-electron chi connectivity index (χ1n) is 18.2. The number of rotatable bonds is 14. The van der Waals surface area contributed by atoms with Gasteiger partial charge in [-0.05, 0) is 57.8 Å². The van der Waals surface area contributed by atoms with Crippen LogP contribution in [0.5, 0.6) is 0 Å². The van der Waals surface area contributed by atoms with Gasteiger partial charge in [-0.2, -0.15) is 11.8 Å². The molecule has 6 aromatic rings. The molecular weight excluding hydrogens is 673 g/mol. The molecule has 0 aliphatic heterocycles. The van der Waals surface area contributed by atoms with Crippen LogP contribution in [0.25, 0.3) is 0 Å². The van der Waals surface area contributed by atoms with Gasteiger partial charge in [0.1, 0.15) is 0 Å². The summed E-state index contributed by atoms with van der Waals surface area (Å²) in [5.41, 5.74) is -2.21. The first kappa shape index (κ1) is 36.8. The Balaban J connectivity index is 1.78. The first-order valence-corrected chi connectivity index (χ1v) is 23.3. The van der Waals surface area contributed by atoms with Crippen LogP contribution in [0, 0.1) is 0 Å². The molecule has 0 spiro atoms. The van der Waals surface area contributed by atoms with Crippen LogP contribution < -0.4 is 31.1 Å². The lowest BCUT2D eigenvalue weighted by Gasteiger charge is -2.53. The zero-order chi connectivity index (χ0) is 36.0. The fourth-order valence-corrected chi connectivity index (χ4v) is 25.0. The monoisotopic (exact) mass is 722 g/mol. The summed E-state index contributed by atoms with van der Waals surface area (Å²) >= 11 is 1.86. The van der Waals surface area contributed by atoms with E-state index in [1.165, 1.54) is 31.1 Å². The van der Waals surface area contributed by atoms with Crippen molar-refractivity contribution in [2.75, 3.05) is 0 Å². The van der Waals surface area contributed by atoms with Crippen LogP contribution in [0.4, 0.5) is 0 Å². The van der Waals surface area contributed by atoms with Gasteiger partial charge in [0.05, 0.1) is 11.2 Å². The van der Waals surface area contributed by atoms with E-state index in [1.807, 2.05) is 25.6 Å². The Morgan fingerprint density at radius 3 is 0.725 bits per heavy atom. The average molecular weight is 723 g/mol. The average Bonchev–Trinajstić information content (AvgIpc) is 3.19. The van der Waals surface area contributed by atoms with Crippen molar-refractivity contribution >= 4 is 59.0 Å². The van der Waals surface area contributed by atoms with Crippen molar-refractivity contribution in [3.8, 4) is 0 Å². The molecule has 0 radical (unpaired) electrons. The molecule has 4 atom stereocenters. The van der Waals surface area contributed by atoms with E-state index in [0.29, 0.717) is 12.8 Å². The van der Waals surface area contributed by atoms with Crippen molar-refractivity contribution in [2.24, 2.45) is 0 Å². The van der Waals surface area contributed by atoms with Gasteiger partial charge in [0.2, 0.25) is 0 Å². The third kappa shape index (κ3) is 6.86. The summed E-state index contributed by atoms with van der Waals surface area (Å²) in [4.78, 5) is -0.596. The zero-order valence-electron chi connectivity index (χ0n) is 30.2. The Labute approximate surface area is 311 Å². The van der Waals surface area contributed by atoms with Crippen molar-refractivity contribution < 1.29 is 10.2 Å². The summed E-state index contributed by atoms with van der Waals surface area (Å²) in [7, 11) is -6.24. The maximum absolute atomic E-state index is 13.1. The van der Waals surface area contributed by atoms with Gasteiger partial charge in [-0.25, -0.2) is 0 Å². The Kier molecular flexibility index (Phi) is 11.3. The highest BCUT2D eigenvalue weighted by atomic mass is 32.2. The van der Waals surface area contributed by atoms with Crippen molar-refractivity contribution in [1.82, 2.24) is 0 Å². The number of thioether (sulfide) groups is 1. The third-order valence-electron chi connectivity index (χ3n) is 11.0. The first-order chi connectivity index (χ1) is 24.7. The normalized spacial score (nSPS) is 15.6. The Morgan fingerprint density at radius 2 is 0.569 bits per heavy atom. The SMILES string of the molecule is CCC(C)(O)C(SC(C(C)(O)CC)[Si](c1ccccc1)(c1ccccc1)c1ccccc1)[Si](c1ccccc1)(c1ccccc1)c1ccccc1. The minimum Gasteiger partial charge on any atom is -0.389 e. The van der Waals surface area contributed by atoms with E-state index in [9.17, 15) is 10.2 Å². The fraction of sp³-hybridized carbons (Fsp3) is 0.217. The summed E-state index contributed by atoms with van der Waals surface area (Å²) in [6.45, 7) is 8.29. The van der Waals surface area contributed by atoms with Gasteiger partial charge in [-0.3, -0.25) is 0 Å². The topological polar surface area (TPSA) is 40.5 Å². The summed E-state index contributed by atoms with van der Waals surface area (Å²) in [6.07, 6.45) is 1.12. The highest BCUT2D eigenvalue weighted by Crippen LogP contribution is 2.43. The van der Waals surface area contributed by atoms with Crippen LogP contribution in [0.3, 0.4) is 0 Å². The second-order valence-corrected chi connectivity index (χ2v) is 24.0. The lowest BCUT2D eigenvalue weighted by atomic mass is 10.1. The van der Waals surface area contributed by atoms with E-state index in [2.05, 4.69) is 196 Å². The smallest absolute Gasteiger partial charge is 0.163 e. The number of benzene rings is 6. The molecule has 0 saturated heterocycles. The van der Waals surface area contributed by atoms with Gasteiger partial charge in [0.25, 0.3) is 0 Å². The summed E-state index contributed by atoms with van der Waals surface area (Å²) in [6, 6.07) is 65.5. The molecular formula is C46H50O2SSi2. The van der Waals surface area contributed by atoms with Crippen molar-refractivity contribution in [3.63, 3.8) is 0 Å². The van der Waals surface area contributed by atoms with E-state index < -0.39 is 27.3 Å². The van der Waals surface area contributed by atoms with Gasteiger partial charge in [-0.15, -0.1) is 0 Å². The van der Waals surface area contributed by atoms with Crippen LogP contribution in [-0.4, -0.2) is 47.3 Å². The molecule has 2 nitrogen and oxygen atoms in total. The predicted octanol–water partition coefficient (Wildman–Crippen LogP) is 6.20. The highest BCUT2D eigenvalue weighted by molar-refractivity contribution is 8.05. The minimum atomic E-state index is -3.12. The molecule has 260 valence electrons. The molecule has 0 heterocycles. The minimum absolute atomic E-state index is 0.298. The van der Waals surface area contributed by atoms with Crippen LogP contribution in [-0.2, 0) is 0 Å². The Morgan fingerprint density at radius 1 is 0.392 bits per heavy atom. The van der Waals surface area contributed by atoms with E-state index in [1.54, 1.807) is 0 Å². The molecule has 0 fully saturated rings. The molecule has 0 bridgehead atoms. The molecule has 0 saturated carbocycles. The van der Waals surface area contributed by atoms with Crippen LogP contribution in [0.2, 0.25) is 0 Å². The van der Waals surface area contributed by atoms with Crippen molar-refractivity contribution in [1.29, 1.82) is 0 Å². The quantitative estimate of drug-likeness (QED) is 0.104. The van der Waals surface area contributed by atoms with Crippen LogP contribution >= 0.6 is 11.8 Å². The Hall–Kier alpha value is -3.98. The van der Waals surface area contributed by atoms with Crippen molar-refractivity contribution in [3.05, 3.63) is 182 Å². The summed E-state index contributed by atoms with van der Waals surface area (Å²) in [5, 5.41) is 33.7. The fourth-order valence-electron chi connectivity index (χ4n) is 8.05. The van der Waals surface area contributed by atoms with E-state index in [0.717, 1.165) is 0 Å². The molecule has 0 amide bonds.